The monoisotopic (exact) mass is 554 g/mol. The first-order chi connectivity index (χ1) is 18.0. The van der Waals surface area contributed by atoms with E-state index in [0.717, 1.165) is 4.57 Å². The van der Waals surface area contributed by atoms with Crippen LogP contribution in [0.15, 0.2) is 22.2 Å². The Labute approximate surface area is 215 Å². The zero-order chi connectivity index (χ0) is 27.2. The standard InChI is InChI=1S/C19H28BN8O9P/c1-8-24-16-15(17(31)25-8)22-6-27(16)14-3-10(11(4-29)35-14)37-38(20,33)34-5-12-9(30)2-13(36-12)28-7-23-18(21)26-19(28)32/h6-7,9-14,29-30,33,38H,2-5,20H2,1H3,(H2,21,26,32)(H,24,25,31)/t9-,10-,11-,12-,13-,14-/m1/s1. The number of H-pyrrole nitrogens is 1. The number of hydrogen-bond acceptors (Lipinski definition) is 14. The number of ether oxygens (including phenoxy) is 2. The van der Waals surface area contributed by atoms with Crippen LogP contribution in [-0.4, -0.2) is 94.4 Å². The Morgan fingerprint density at radius 1 is 1.18 bits per heavy atom. The van der Waals surface area contributed by atoms with E-state index in [1.54, 1.807) is 11.5 Å². The van der Waals surface area contributed by atoms with E-state index in [-0.39, 0.29) is 36.5 Å². The molecule has 0 bridgehead atoms. The molecule has 6 atom stereocenters. The predicted octanol–water partition coefficient (Wildman–Crippen LogP) is -2.97. The Morgan fingerprint density at radius 2 is 1.89 bits per heavy atom. The molecule has 2 saturated heterocycles. The minimum absolute atomic E-state index is 0.0751. The van der Waals surface area contributed by atoms with Gasteiger partial charge in [0.25, 0.3) is 0 Å². The number of nitrogens with zero attached hydrogens (tertiary/aromatic N) is 6. The third-order valence-electron chi connectivity index (χ3n) is 6.37. The number of imidazole rings is 1. The quantitative estimate of drug-likeness (QED) is 0.138. The van der Waals surface area contributed by atoms with E-state index in [1.807, 2.05) is 0 Å². The van der Waals surface area contributed by atoms with Crippen molar-refractivity contribution in [1.29, 1.82) is 0 Å². The maximum absolute atomic E-state index is 12.2. The third kappa shape index (κ3) is 5.34. The molecule has 3 aromatic heterocycles. The molecule has 6 N–H and O–H groups in total. The summed E-state index contributed by atoms with van der Waals surface area (Å²) in [5, 5.41) is 20.3. The predicted molar refractivity (Wildman–Crippen MR) is 134 cm³/mol. The van der Waals surface area contributed by atoms with Crippen LogP contribution in [0.1, 0.15) is 31.1 Å². The Kier molecular flexibility index (Phi) is 7.32. The van der Waals surface area contributed by atoms with Crippen LogP contribution in [0.2, 0.25) is 0 Å². The zero-order valence-electron chi connectivity index (χ0n) is 20.5. The molecule has 0 amide bonds. The summed E-state index contributed by atoms with van der Waals surface area (Å²) in [4.78, 5) is 53.5. The molecule has 0 unspecified atom stereocenters. The third-order valence-corrected chi connectivity index (χ3v) is 7.81. The number of aryl methyl sites for hydroxylation is 1. The molecule has 2 fully saturated rings. The van der Waals surface area contributed by atoms with Crippen molar-refractivity contribution in [3.8, 4) is 0 Å². The summed E-state index contributed by atoms with van der Waals surface area (Å²) in [6.45, 7) is 1.03. The minimum atomic E-state index is -3.82. The molecule has 38 heavy (non-hydrogen) atoms. The van der Waals surface area contributed by atoms with Gasteiger partial charge in [-0.05, 0) is 0 Å². The Hall–Kier alpha value is -2.83. The van der Waals surface area contributed by atoms with Crippen LogP contribution >= 0.6 is 7.82 Å². The van der Waals surface area contributed by atoms with Gasteiger partial charge in [0.15, 0.2) is 0 Å². The maximum atomic E-state index is 12.2. The van der Waals surface area contributed by atoms with Crippen LogP contribution in [0.3, 0.4) is 0 Å². The SMILES string of the molecule is B[PH](O)(OC[C@H]1O[C@@H](n2cnc(N)nc2=O)C[C@H]1O)O[C@@H]1C[C@H](n2cnc3c(=O)[nH]c(C)nc32)O[C@@H]1CO. The number of aromatic nitrogens is 7. The first kappa shape index (κ1) is 26.8. The van der Waals surface area contributed by atoms with Gasteiger partial charge in [-0.15, -0.1) is 0 Å². The molecule has 206 valence electrons. The van der Waals surface area contributed by atoms with E-state index < -0.39 is 57.0 Å². The molecule has 0 saturated carbocycles. The molecule has 0 radical (unpaired) electrons. The molecule has 2 aliphatic heterocycles. The van der Waals surface area contributed by atoms with Crippen molar-refractivity contribution in [2.45, 2.75) is 56.6 Å². The summed E-state index contributed by atoms with van der Waals surface area (Å²) in [5.41, 5.74) is 4.82. The average molecular weight is 554 g/mol. The molecule has 19 heteroatoms. The van der Waals surface area contributed by atoms with E-state index in [2.05, 4.69) is 24.9 Å². The van der Waals surface area contributed by atoms with Crippen molar-refractivity contribution in [2.24, 2.45) is 0 Å². The van der Waals surface area contributed by atoms with Crippen LogP contribution in [0.25, 0.3) is 11.2 Å². The molecule has 0 aromatic carbocycles. The number of anilines is 1. The van der Waals surface area contributed by atoms with Gasteiger partial charge >= 0.3 is 215 Å². The van der Waals surface area contributed by atoms with Gasteiger partial charge in [-0.3, -0.25) is 0 Å². The van der Waals surface area contributed by atoms with Crippen molar-refractivity contribution in [3.05, 3.63) is 39.3 Å². The van der Waals surface area contributed by atoms with Gasteiger partial charge in [-0.25, -0.2) is 0 Å². The number of nitrogen functional groups attached to an aromatic ring is 1. The van der Waals surface area contributed by atoms with Gasteiger partial charge in [0, 0.05) is 0 Å². The van der Waals surface area contributed by atoms with Gasteiger partial charge in [0.2, 0.25) is 0 Å². The van der Waals surface area contributed by atoms with E-state index in [0.29, 0.717) is 11.5 Å². The van der Waals surface area contributed by atoms with Gasteiger partial charge in [0.05, 0.1) is 0 Å². The Bertz CT molecular complexity index is 1430. The Balaban J connectivity index is 1.22. The molecule has 2 aliphatic rings. The summed E-state index contributed by atoms with van der Waals surface area (Å²) >= 11 is 0. The molecular formula is C19H28BN8O9P. The van der Waals surface area contributed by atoms with Crippen molar-refractivity contribution < 1.29 is 33.6 Å². The average Bonchev–Trinajstić information content (AvgIpc) is 3.54. The van der Waals surface area contributed by atoms with Gasteiger partial charge in [-0.1, -0.05) is 0 Å². The number of hydrogen-bond donors (Lipinski definition) is 5. The number of fused-ring (bicyclic) bond motifs is 1. The number of nitrogens with two attached hydrogens (primary N) is 1. The first-order valence-electron chi connectivity index (χ1n) is 11.8. The number of aromatic amines is 1. The molecule has 0 spiro atoms. The van der Waals surface area contributed by atoms with E-state index in [4.69, 9.17) is 24.3 Å². The van der Waals surface area contributed by atoms with E-state index >= 15 is 0 Å². The van der Waals surface area contributed by atoms with Crippen molar-refractivity contribution in [1.82, 2.24) is 34.1 Å². The molecule has 0 aliphatic carbocycles. The van der Waals surface area contributed by atoms with E-state index in [1.165, 1.54) is 20.2 Å². The second-order valence-corrected chi connectivity index (χ2v) is 11.5. The van der Waals surface area contributed by atoms with Crippen LogP contribution in [-0.2, 0) is 18.5 Å². The van der Waals surface area contributed by atoms with Gasteiger partial charge < -0.3 is 0 Å². The molecule has 5 rings (SSSR count). The fourth-order valence-electron chi connectivity index (χ4n) is 4.55. The summed E-state index contributed by atoms with van der Waals surface area (Å²) in [6, 6.07) is 0. The van der Waals surface area contributed by atoms with Gasteiger partial charge in [-0.2, -0.15) is 0 Å². The second kappa shape index (κ2) is 10.4. The number of nitrogens with one attached hydrogen (secondary N) is 1. The summed E-state index contributed by atoms with van der Waals surface area (Å²) in [6.07, 6.45) is -2.01. The molecule has 5 heterocycles. The summed E-state index contributed by atoms with van der Waals surface area (Å²) in [7, 11) is -2.42. The molecule has 3 aromatic rings. The van der Waals surface area contributed by atoms with Gasteiger partial charge in [0.1, 0.15) is 0 Å². The fraction of sp³-hybridized carbons (Fsp3) is 0.579. The topological polar surface area (TPSA) is 235 Å². The summed E-state index contributed by atoms with van der Waals surface area (Å²) in [5.74, 6) is 0.231. The van der Waals surface area contributed by atoms with Crippen molar-refractivity contribution in [3.63, 3.8) is 0 Å². The number of rotatable bonds is 8. The first-order valence-corrected chi connectivity index (χ1v) is 14.1. The van der Waals surface area contributed by atoms with Crippen molar-refractivity contribution >= 4 is 32.5 Å². The normalized spacial score (nSPS) is 28.3. The van der Waals surface area contributed by atoms with E-state index in [9.17, 15) is 24.7 Å². The summed E-state index contributed by atoms with van der Waals surface area (Å²) < 4.78 is 25.8. The van der Waals surface area contributed by atoms with Crippen LogP contribution in [0.5, 0.6) is 0 Å². The number of aliphatic hydroxyl groups excluding tert-OH is 2. The zero-order valence-corrected chi connectivity index (χ0v) is 21.5. The molecule has 17 nitrogen and oxygen atoms in total. The Morgan fingerprint density at radius 3 is 2.63 bits per heavy atom. The van der Waals surface area contributed by atoms with Crippen LogP contribution in [0, 0.1) is 6.92 Å². The molecular weight excluding hydrogens is 526 g/mol. The second-order valence-electron chi connectivity index (χ2n) is 9.22. The fourth-order valence-corrected chi connectivity index (χ4v) is 5.90. The van der Waals surface area contributed by atoms with Crippen molar-refractivity contribution in [2.75, 3.05) is 18.9 Å². The number of aliphatic hydroxyl groups is 2. The van der Waals surface area contributed by atoms with Crippen LogP contribution in [0.4, 0.5) is 5.95 Å². The van der Waals surface area contributed by atoms with Crippen LogP contribution < -0.4 is 17.0 Å².